The maximum absolute atomic E-state index is 12.6. The van der Waals surface area contributed by atoms with Gasteiger partial charge in [-0.15, -0.1) is 0 Å². The second-order valence-electron chi connectivity index (χ2n) is 5.61. The number of sulfonamides is 1. The average Bonchev–Trinajstić information content (AvgIpc) is 2.82. The third-order valence-electron chi connectivity index (χ3n) is 3.70. The number of rotatable bonds is 6. The van der Waals surface area contributed by atoms with Crippen LogP contribution in [-0.4, -0.2) is 26.0 Å². The minimum absolute atomic E-state index is 0.0951. The van der Waals surface area contributed by atoms with Crippen LogP contribution < -0.4 is 4.72 Å². The van der Waals surface area contributed by atoms with Crippen molar-refractivity contribution in [2.24, 2.45) is 0 Å². The van der Waals surface area contributed by atoms with Gasteiger partial charge >= 0.3 is 5.97 Å². The molecule has 1 aromatic heterocycles. The third kappa shape index (κ3) is 3.85. The Labute approximate surface area is 142 Å². The molecule has 2 aromatic rings. The zero-order valence-corrected chi connectivity index (χ0v) is 15.1. The van der Waals surface area contributed by atoms with Gasteiger partial charge in [-0.3, -0.25) is 0 Å². The van der Waals surface area contributed by atoms with E-state index < -0.39 is 16.0 Å². The van der Waals surface area contributed by atoms with E-state index >= 15 is 0 Å². The lowest BCUT2D eigenvalue weighted by molar-refractivity contribution is 0.0519. The number of nitrogens with one attached hydrogen (secondary N) is 2. The second-order valence-corrected chi connectivity index (χ2v) is 7.31. The Bertz CT molecular complexity index is 836. The van der Waals surface area contributed by atoms with E-state index in [9.17, 15) is 13.2 Å². The highest BCUT2D eigenvalue weighted by molar-refractivity contribution is 7.89. The van der Waals surface area contributed by atoms with Crippen LogP contribution in [0.25, 0.3) is 0 Å². The quantitative estimate of drug-likeness (QED) is 0.784. The Morgan fingerprint density at radius 1 is 1.17 bits per heavy atom. The fourth-order valence-corrected chi connectivity index (χ4v) is 3.96. The van der Waals surface area contributed by atoms with Crippen molar-refractivity contribution in [3.63, 3.8) is 0 Å². The van der Waals surface area contributed by atoms with Crippen LogP contribution in [0.2, 0.25) is 0 Å². The van der Waals surface area contributed by atoms with Gasteiger partial charge in [0.25, 0.3) is 0 Å². The molecular weight excluding hydrogens is 328 g/mol. The summed E-state index contributed by atoms with van der Waals surface area (Å²) in [5.41, 5.74) is 2.91. The molecule has 7 heteroatoms. The summed E-state index contributed by atoms with van der Waals surface area (Å²) in [6.07, 6.45) is 0. The molecular formula is C17H22N2O4S. The molecule has 0 amide bonds. The molecule has 0 saturated heterocycles. The molecule has 1 heterocycles. The van der Waals surface area contributed by atoms with Crippen LogP contribution in [0.1, 0.15) is 39.8 Å². The van der Waals surface area contributed by atoms with Crippen LogP contribution in [0, 0.1) is 20.8 Å². The molecule has 0 spiro atoms. The molecule has 0 aliphatic carbocycles. The molecule has 2 N–H and O–H groups in total. The minimum atomic E-state index is -3.75. The highest BCUT2D eigenvalue weighted by atomic mass is 32.2. The third-order valence-corrected chi connectivity index (χ3v) is 5.38. The van der Waals surface area contributed by atoms with Crippen molar-refractivity contribution in [3.05, 3.63) is 52.3 Å². The van der Waals surface area contributed by atoms with Crippen LogP contribution in [0.4, 0.5) is 0 Å². The zero-order chi connectivity index (χ0) is 17.9. The molecule has 0 atom stereocenters. The topological polar surface area (TPSA) is 88.3 Å². The SMILES string of the molecule is CCOC(=O)c1[nH]c(C)c(S(=O)(=O)NCc2ccc(C)cc2)c1C. The smallest absolute Gasteiger partial charge is 0.355 e. The number of aryl methyl sites for hydroxylation is 2. The van der Waals surface area contributed by atoms with E-state index in [4.69, 9.17) is 4.74 Å². The fraction of sp³-hybridized carbons (Fsp3) is 0.353. The largest absolute Gasteiger partial charge is 0.461 e. The van der Waals surface area contributed by atoms with Crippen molar-refractivity contribution in [1.29, 1.82) is 0 Å². The number of benzene rings is 1. The molecule has 0 saturated carbocycles. The van der Waals surface area contributed by atoms with Crippen molar-refractivity contribution < 1.29 is 17.9 Å². The van der Waals surface area contributed by atoms with Gasteiger partial charge in [-0.2, -0.15) is 0 Å². The zero-order valence-electron chi connectivity index (χ0n) is 14.3. The van der Waals surface area contributed by atoms with E-state index in [1.165, 1.54) is 0 Å². The van der Waals surface area contributed by atoms with Crippen LogP contribution in [0.3, 0.4) is 0 Å². The Morgan fingerprint density at radius 2 is 1.79 bits per heavy atom. The van der Waals surface area contributed by atoms with E-state index in [0.29, 0.717) is 11.3 Å². The summed E-state index contributed by atoms with van der Waals surface area (Å²) in [6, 6.07) is 7.60. The van der Waals surface area contributed by atoms with Crippen LogP contribution >= 0.6 is 0 Å². The predicted molar refractivity (Wildman–Crippen MR) is 91.4 cm³/mol. The van der Waals surface area contributed by atoms with Crippen molar-refractivity contribution >= 4 is 16.0 Å². The number of hydrogen-bond donors (Lipinski definition) is 2. The number of carbonyl (C=O) groups is 1. The first kappa shape index (κ1) is 18.2. The Kier molecular flexibility index (Phi) is 5.46. The molecule has 0 radical (unpaired) electrons. The number of H-pyrrole nitrogens is 1. The van der Waals surface area contributed by atoms with E-state index in [0.717, 1.165) is 11.1 Å². The van der Waals surface area contributed by atoms with Crippen molar-refractivity contribution in [2.75, 3.05) is 6.61 Å². The van der Waals surface area contributed by atoms with E-state index in [1.54, 1.807) is 20.8 Å². The number of aromatic amines is 1. The second kappa shape index (κ2) is 7.19. The van der Waals surface area contributed by atoms with Crippen molar-refractivity contribution in [2.45, 2.75) is 39.1 Å². The van der Waals surface area contributed by atoms with Gasteiger partial charge in [0.05, 0.1) is 6.61 Å². The molecule has 2 rings (SSSR count). The van der Waals surface area contributed by atoms with Crippen molar-refractivity contribution in [3.8, 4) is 0 Å². The van der Waals surface area contributed by atoms with Crippen molar-refractivity contribution in [1.82, 2.24) is 9.71 Å². The van der Waals surface area contributed by atoms with Crippen LogP contribution in [0.5, 0.6) is 0 Å². The first-order valence-electron chi connectivity index (χ1n) is 7.67. The average molecular weight is 350 g/mol. The normalized spacial score (nSPS) is 11.5. The summed E-state index contributed by atoms with van der Waals surface area (Å²) >= 11 is 0. The summed E-state index contributed by atoms with van der Waals surface area (Å²) in [6.45, 7) is 7.29. The molecule has 0 aliphatic rings. The first-order valence-corrected chi connectivity index (χ1v) is 9.16. The standard InChI is InChI=1S/C17H22N2O4S/c1-5-23-17(20)15-12(3)16(13(4)19-15)24(21,22)18-10-14-8-6-11(2)7-9-14/h6-9,18-19H,5,10H2,1-4H3. The molecule has 0 unspecified atom stereocenters. The summed E-state index contributed by atoms with van der Waals surface area (Å²) in [5, 5.41) is 0. The number of esters is 1. The number of aromatic nitrogens is 1. The summed E-state index contributed by atoms with van der Waals surface area (Å²) in [7, 11) is -3.75. The van der Waals surface area contributed by atoms with Gasteiger partial charge < -0.3 is 9.72 Å². The highest BCUT2D eigenvalue weighted by Crippen LogP contribution is 2.24. The lowest BCUT2D eigenvalue weighted by Crippen LogP contribution is -2.24. The molecule has 1 aromatic carbocycles. The number of carbonyl (C=O) groups excluding carboxylic acids is 1. The van der Waals surface area contributed by atoms with E-state index in [-0.39, 0.29) is 23.7 Å². The summed E-state index contributed by atoms with van der Waals surface area (Å²) < 4.78 is 32.8. The fourth-order valence-electron chi connectivity index (χ4n) is 2.50. The van der Waals surface area contributed by atoms with Crippen LogP contribution in [0.15, 0.2) is 29.2 Å². The van der Waals surface area contributed by atoms with Gasteiger partial charge in [-0.25, -0.2) is 17.9 Å². The van der Waals surface area contributed by atoms with E-state index in [2.05, 4.69) is 9.71 Å². The highest BCUT2D eigenvalue weighted by Gasteiger charge is 2.26. The molecule has 0 aliphatic heterocycles. The van der Waals surface area contributed by atoms with Crippen LogP contribution in [-0.2, 0) is 21.3 Å². The Balaban J connectivity index is 2.25. The lowest BCUT2D eigenvalue weighted by Gasteiger charge is -2.08. The maximum atomic E-state index is 12.6. The molecule has 0 bridgehead atoms. The summed E-state index contributed by atoms with van der Waals surface area (Å²) in [5.74, 6) is -0.557. The molecule has 6 nitrogen and oxygen atoms in total. The van der Waals surface area contributed by atoms with Gasteiger partial charge in [0.1, 0.15) is 10.6 Å². The molecule has 0 fully saturated rings. The minimum Gasteiger partial charge on any atom is -0.461 e. The van der Waals surface area contributed by atoms with Gasteiger partial charge in [-0.1, -0.05) is 29.8 Å². The Morgan fingerprint density at radius 3 is 2.38 bits per heavy atom. The molecule has 130 valence electrons. The number of hydrogen-bond acceptors (Lipinski definition) is 4. The molecule has 24 heavy (non-hydrogen) atoms. The predicted octanol–water partition coefficient (Wildman–Crippen LogP) is 2.60. The van der Waals surface area contributed by atoms with Gasteiger partial charge in [0.2, 0.25) is 10.0 Å². The maximum Gasteiger partial charge on any atom is 0.355 e. The lowest BCUT2D eigenvalue weighted by atomic mass is 10.2. The van der Waals surface area contributed by atoms with Gasteiger partial charge in [-0.05, 0) is 33.3 Å². The number of ether oxygens (including phenoxy) is 1. The van der Waals surface area contributed by atoms with E-state index in [1.807, 2.05) is 31.2 Å². The van der Waals surface area contributed by atoms with Gasteiger partial charge in [0, 0.05) is 17.8 Å². The summed E-state index contributed by atoms with van der Waals surface area (Å²) in [4.78, 5) is 14.8. The van der Waals surface area contributed by atoms with Gasteiger partial charge in [0.15, 0.2) is 0 Å². The monoisotopic (exact) mass is 350 g/mol. The Hall–Kier alpha value is -2.12. The first-order chi connectivity index (χ1) is 11.3.